The van der Waals surface area contributed by atoms with E-state index in [1.165, 1.54) is 0 Å². The molecule has 0 aliphatic carbocycles. The first-order chi connectivity index (χ1) is 11.5. The highest BCUT2D eigenvalue weighted by molar-refractivity contribution is 5.91. The van der Waals surface area contributed by atoms with Crippen LogP contribution in [0, 0.1) is 6.92 Å². The first-order valence-corrected chi connectivity index (χ1v) is 7.90. The van der Waals surface area contributed by atoms with Gasteiger partial charge in [-0.25, -0.2) is 0 Å². The number of amides is 1. The smallest absolute Gasteiger partial charge is 0.279 e. The predicted octanol–water partition coefficient (Wildman–Crippen LogP) is 1.67. The molecule has 24 heavy (non-hydrogen) atoms. The Kier molecular flexibility index (Phi) is 6.21. The Morgan fingerprint density at radius 2 is 1.83 bits per heavy atom. The molecule has 0 aliphatic heterocycles. The minimum atomic E-state index is -0.00132. The topological polar surface area (TPSA) is 52.0 Å². The number of carbonyl (C=O) groups excluding carboxylic acids is 1. The van der Waals surface area contributed by atoms with Gasteiger partial charge in [-0.05, 0) is 42.8 Å². The largest absolute Gasteiger partial charge is 0.493 e. The number of aryl methyl sites for hydroxylation is 1. The minimum absolute atomic E-state index is 0.00132. The lowest BCUT2D eigenvalue weighted by Crippen LogP contribution is -3.08. The molecule has 0 aromatic heterocycles. The highest BCUT2D eigenvalue weighted by atomic mass is 16.5. The maximum Gasteiger partial charge on any atom is 0.279 e. The Morgan fingerprint density at radius 3 is 2.50 bits per heavy atom. The molecule has 0 spiro atoms. The Hall–Kier alpha value is -2.53. The maximum atomic E-state index is 12.2. The Labute approximate surface area is 143 Å². The average Bonchev–Trinajstić information content (AvgIpc) is 2.54. The van der Waals surface area contributed by atoms with Crippen LogP contribution in [0.25, 0.3) is 0 Å². The summed E-state index contributed by atoms with van der Waals surface area (Å²) in [5.41, 5.74) is 3.05. The molecule has 2 aromatic carbocycles. The van der Waals surface area contributed by atoms with Gasteiger partial charge in [0, 0.05) is 11.3 Å². The van der Waals surface area contributed by atoms with E-state index in [-0.39, 0.29) is 5.91 Å². The second-order valence-electron chi connectivity index (χ2n) is 5.92. The third kappa shape index (κ3) is 4.99. The van der Waals surface area contributed by atoms with Crippen LogP contribution >= 0.6 is 0 Å². The molecule has 0 fully saturated rings. The highest BCUT2D eigenvalue weighted by Gasteiger charge is 2.13. The highest BCUT2D eigenvalue weighted by Crippen LogP contribution is 2.27. The van der Waals surface area contributed by atoms with Gasteiger partial charge in [0.15, 0.2) is 18.0 Å². The monoisotopic (exact) mass is 329 g/mol. The molecule has 5 heteroatoms. The molecule has 1 amide bonds. The summed E-state index contributed by atoms with van der Waals surface area (Å²) in [4.78, 5) is 13.3. The van der Waals surface area contributed by atoms with E-state index in [1.807, 2.05) is 56.4 Å². The van der Waals surface area contributed by atoms with E-state index in [4.69, 9.17) is 9.47 Å². The van der Waals surface area contributed by atoms with Crippen LogP contribution in [0.15, 0.2) is 42.5 Å². The molecule has 2 rings (SSSR count). The standard InChI is InChI=1S/C19H24N2O3/c1-14-6-5-7-16(10-14)20-19(22)13-21(2)12-15-8-9-17(23-3)18(11-15)24-4/h5-11H,12-13H2,1-4H3,(H,20,22)/p+1. The lowest BCUT2D eigenvalue weighted by atomic mass is 10.2. The van der Waals surface area contributed by atoms with Gasteiger partial charge in [-0.3, -0.25) is 4.79 Å². The molecule has 0 aliphatic rings. The molecule has 1 atom stereocenters. The van der Waals surface area contributed by atoms with Crippen molar-refractivity contribution >= 4 is 11.6 Å². The van der Waals surface area contributed by atoms with Crippen LogP contribution in [-0.2, 0) is 11.3 Å². The SMILES string of the molecule is COc1ccc(C[NH+](C)CC(=O)Nc2cccc(C)c2)cc1OC. The van der Waals surface area contributed by atoms with Gasteiger partial charge in [0.05, 0.1) is 21.3 Å². The molecule has 0 radical (unpaired) electrons. The van der Waals surface area contributed by atoms with Crippen molar-refractivity contribution in [1.29, 1.82) is 0 Å². The number of rotatable bonds is 7. The summed E-state index contributed by atoms with van der Waals surface area (Å²) < 4.78 is 10.6. The van der Waals surface area contributed by atoms with E-state index in [0.29, 0.717) is 18.0 Å². The van der Waals surface area contributed by atoms with Crippen LogP contribution in [0.4, 0.5) is 5.69 Å². The molecule has 2 N–H and O–H groups in total. The predicted molar refractivity (Wildman–Crippen MR) is 94.8 cm³/mol. The Morgan fingerprint density at radius 1 is 1.08 bits per heavy atom. The summed E-state index contributed by atoms with van der Waals surface area (Å²) in [5.74, 6) is 1.40. The molecule has 0 bridgehead atoms. The van der Waals surface area contributed by atoms with E-state index in [0.717, 1.165) is 28.3 Å². The van der Waals surface area contributed by atoms with E-state index in [2.05, 4.69) is 5.32 Å². The summed E-state index contributed by atoms with van der Waals surface area (Å²) in [6.45, 7) is 3.12. The first-order valence-electron chi connectivity index (χ1n) is 7.90. The number of ether oxygens (including phenoxy) is 2. The van der Waals surface area contributed by atoms with Crippen molar-refractivity contribution < 1.29 is 19.2 Å². The number of nitrogens with one attached hydrogen (secondary N) is 2. The molecule has 0 saturated heterocycles. The molecule has 1 unspecified atom stereocenters. The lowest BCUT2D eigenvalue weighted by Gasteiger charge is -2.15. The van der Waals surface area contributed by atoms with Crippen LogP contribution in [0.1, 0.15) is 11.1 Å². The second-order valence-corrected chi connectivity index (χ2v) is 5.92. The van der Waals surface area contributed by atoms with Crippen LogP contribution in [-0.4, -0.2) is 33.7 Å². The molecule has 0 heterocycles. The van der Waals surface area contributed by atoms with Gasteiger partial charge < -0.3 is 19.7 Å². The van der Waals surface area contributed by atoms with Crippen molar-refractivity contribution in [2.24, 2.45) is 0 Å². The zero-order valence-corrected chi connectivity index (χ0v) is 14.7. The van der Waals surface area contributed by atoms with E-state index < -0.39 is 0 Å². The van der Waals surface area contributed by atoms with Crippen molar-refractivity contribution in [3.05, 3.63) is 53.6 Å². The fourth-order valence-corrected chi connectivity index (χ4v) is 2.60. The average molecular weight is 329 g/mol. The number of hydrogen-bond donors (Lipinski definition) is 2. The minimum Gasteiger partial charge on any atom is -0.493 e. The van der Waals surface area contributed by atoms with Gasteiger partial charge >= 0.3 is 0 Å². The van der Waals surface area contributed by atoms with Crippen molar-refractivity contribution in [3.8, 4) is 11.5 Å². The van der Waals surface area contributed by atoms with E-state index in [1.54, 1.807) is 14.2 Å². The molecular weight excluding hydrogens is 304 g/mol. The van der Waals surface area contributed by atoms with Crippen LogP contribution in [0.2, 0.25) is 0 Å². The van der Waals surface area contributed by atoms with E-state index >= 15 is 0 Å². The first kappa shape index (κ1) is 17.8. The lowest BCUT2D eigenvalue weighted by molar-refractivity contribution is -0.885. The number of carbonyl (C=O) groups is 1. The molecular formula is C19H25N2O3+. The summed E-state index contributed by atoms with van der Waals surface area (Å²) in [5, 5.41) is 2.94. The Bertz CT molecular complexity index is 701. The fourth-order valence-electron chi connectivity index (χ4n) is 2.60. The zero-order chi connectivity index (χ0) is 17.5. The summed E-state index contributed by atoms with van der Waals surface area (Å²) in [6, 6.07) is 13.6. The number of methoxy groups -OCH3 is 2. The molecule has 0 saturated carbocycles. The van der Waals surface area contributed by atoms with Crippen LogP contribution in [0.3, 0.4) is 0 Å². The van der Waals surface area contributed by atoms with Gasteiger partial charge in [0.1, 0.15) is 6.54 Å². The van der Waals surface area contributed by atoms with Crippen LogP contribution < -0.4 is 19.7 Å². The van der Waals surface area contributed by atoms with Gasteiger partial charge in [-0.15, -0.1) is 0 Å². The molecule has 2 aromatic rings. The third-order valence-electron chi connectivity index (χ3n) is 3.72. The van der Waals surface area contributed by atoms with Gasteiger partial charge in [-0.2, -0.15) is 0 Å². The van der Waals surface area contributed by atoms with Crippen LogP contribution in [0.5, 0.6) is 11.5 Å². The van der Waals surface area contributed by atoms with Gasteiger partial charge in [-0.1, -0.05) is 12.1 Å². The third-order valence-corrected chi connectivity index (χ3v) is 3.72. The number of anilines is 1. The van der Waals surface area contributed by atoms with Crippen molar-refractivity contribution in [2.75, 3.05) is 33.1 Å². The summed E-state index contributed by atoms with van der Waals surface area (Å²) in [7, 11) is 5.23. The number of hydrogen-bond acceptors (Lipinski definition) is 3. The van der Waals surface area contributed by atoms with Crippen molar-refractivity contribution in [3.63, 3.8) is 0 Å². The number of quaternary nitrogens is 1. The zero-order valence-electron chi connectivity index (χ0n) is 14.7. The maximum absolute atomic E-state index is 12.2. The summed E-state index contributed by atoms with van der Waals surface area (Å²) >= 11 is 0. The second kappa shape index (κ2) is 8.36. The van der Waals surface area contributed by atoms with E-state index in [9.17, 15) is 4.79 Å². The fraction of sp³-hybridized carbons (Fsp3) is 0.316. The van der Waals surface area contributed by atoms with Crippen molar-refractivity contribution in [2.45, 2.75) is 13.5 Å². The summed E-state index contributed by atoms with van der Waals surface area (Å²) in [6.07, 6.45) is 0. The van der Waals surface area contributed by atoms with Crippen molar-refractivity contribution in [1.82, 2.24) is 0 Å². The Balaban J connectivity index is 1.92. The normalized spacial score (nSPS) is 11.7. The quantitative estimate of drug-likeness (QED) is 0.812. The number of likely N-dealkylation sites (N-methyl/N-ethyl adjacent to an activating group) is 1. The molecule has 128 valence electrons. The van der Waals surface area contributed by atoms with Gasteiger partial charge in [0.25, 0.3) is 5.91 Å². The molecule has 5 nitrogen and oxygen atoms in total. The van der Waals surface area contributed by atoms with Gasteiger partial charge in [0.2, 0.25) is 0 Å². The number of benzene rings is 2.